The van der Waals surface area contributed by atoms with E-state index in [0.717, 1.165) is 41.1 Å². The lowest BCUT2D eigenvalue weighted by Crippen LogP contribution is -2.00. The Hall–Kier alpha value is -0.465. The molecule has 0 saturated heterocycles. The zero-order chi connectivity index (χ0) is 18.0. The van der Waals surface area contributed by atoms with Crippen molar-refractivity contribution in [3.8, 4) is 11.5 Å². The monoisotopic (exact) mass is 450 g/mol. The third kappa shape index (κ3) is 12.9. The van der Waals surface area contributed by atoms with Crippen molar-refractivity contribution >= 4 is 30.3 Å². The summed E-state index contributed by atoms with van der Waals surface area (Å²) in [6.07, 6.45) is 9.92. The van der Waals surface area contributed by atoms with Crippen LogP contribution in [0, 0.1) is 3.57 Å². The summed E-state index contributed by atoms with van der Waals surface area (Å²) in [5.41, 5.74) is 0. The van der Waals surface area contributed by atoms with Crippen molar-refractivity contribution in [2.75, 3.05) is 13.2 Å². The fourth-order valence-electron chi connectivity index (χ4n) is 2.12. The molecule has 24 heavy (non-hydrogen) atoms. The van der Waals surface area contributed by atoms with Gasteiger partial charge in [-0.1, -0.05) is 52.4 Å². The molecule has 0 aromatic heterocycles. The van der Waals surface area contributed by atoms with E-state index in [2.05, 4.69) is 42.5 Å². The van der Waals surface area contributed by atoms with Crippen molar-refractivity contribution in [3.05, 3.63) is 21.8 Å². The number of benzene rings is 1. The maximum atomic E-state index is 7.12. The highest BCUT2D eigenvalue weighted by Crippen LogP contribution is 2.26. The Labute approximate surface area is 161 Å². The molecule has 0 unspecified atom stereocenters. The predicted molar refractivity (Wildman–Crippen MR) is 110 cm³/mol. The molecular weight excluding hydrogens is 418 g/mol. The minimum Gasteiger partial charge on any atom is -0.494 e. The Kier molecular flexibility index (Phi) is 17.0. The van der Waals surface area contributed by atoms with Gasteiger partial charge in [0, 0.05) is 0 Å². The van der Waals surface area contributed by atoms with Gasteiger partial charge in [-0.05, 0) is 53.6 Å². The van der Waals surface area contributed by atoms with Crippen molar-refractivity contribution < 1.29 is 19.5 Å². The molecule has 0 spiro atoms. The van der Waals surface area contributed by atoms with Gasteiger partial charge in [-0.15, -0.1) is 0 Å². The summed E-state index contributed by atoms with van der Waals surface area (Å²) in [5.74, 6) is 1.93. The second kappa shape index (κ2) is 17.4. The van der Waals surface area contributed by atoms with Gasteiger partial charge < -0.3 is 19.5 Å². The highest BCUT2D eigenvalue weighted by Gasteiger charge is 2.03. The van der Waals surface area contributed by atoms with Crippen LogP contribution >= 0.6 is 22.6 Å². The minimum atomic E-state index is -0.750. The van der Waals surface area contributed by atoms with E-state index >= 15 is 0 Å². The fourth-order valence-corrected chi connectivity index (χ4v) is 2.76. The molecule has 0 aliphatic rings. The molecule has 1 aromatic rings. The van der Waals surface area contributed by atoms with Crippen LogP contribution in [0.1, 0.15) is 65.2 Å². The van der Waals surface area contributed by atoms with Gasteiger partial charge in [0.2, 0.25) is 0 Å². The molecular formula is C18H32BIO4. The Morgan fingerprint density at radius 3 is 1.92 bits per heavy atom. The molecule has 6 heteroatoms. The lowest BCUT2D eigenvalue weighted by atomic mass is 10.2. The van der Waals surface area contributed by atoms with Crippen LogP contribution in [-0.2, 0) is 0 Å². The van der Waals surface area contributed by atoms with Crippen molar-refractivity contribution in [2.24, 2.45) is 0 Å². The summed E-state index contributed by atoms with van der Waals surface area (Å²) in [5, 5.41) is 14.2. The average Bonchev–Trinajstić information content (AvgIpc) is 2.57. The summed E-state index contributed by atoms with van der Waals surface area (Å²) >= 11 is 2.32. The predicted octanol–water partition coefficient (Wildman–Crippen LogP) is 4.45. The molecule has 4 nitrogen and oxygen atoms in total. The lowest BCUT2D eigenvalue weighted by Gasteiger charge is -2.11. The summed E-state index contributed by atoms with van der Waals surface area (Å²) in [6, 6.07) is 6.12. The largest absolute Gasteiger partial charge is 0.494 e. The van der Waals surface area contributed by atoms with Gasteiger partial charge >= 0.3 is 7.69 Å². The first-order chi connectivity index (χ1) is 11.7. The van der Waals surface area contributed by atoms with E-state index < -0.39 is 7.69 Å². The van der Waals surface area contributed by atoms with Crippen LogP contribution in [0.4, 0.5) is 0 Å². The van der Waals surface area contributed by atoms with Gasteiger partial charge in [0.1, 0.15) is 11.5 Å². The fraction of sp³-hybridized carbons (Fsp3) is 0.667. The standard InChI is InChI=1S/C18H29IO2.BH3O2/c1-3-5-7-9-13-20-16-11-12-18(17(19)15-16)21-14-10-8-6-4-2;2-1-3/h11-12,15H,3-10,13-14H2,1-2H3;1-3H. The number of rotatable bonds is 12. The molecule has 138 valence electrons. The van der Waals surface area contributed by atoms with Gasteiger partial charge in [-0.3, -0.25) is 0 Å². The van der Waals surface area contributed by atoms with Gasteiger partial charge in [-0.25, -0.2) is 0 Å². The second-order valence-corrected chi connectivity index (χ2v) is 6.71. The highest BCUT2D eigenvalue weighted by atomic mass is 127. The number of ether oxygens (including phenoxy) is 2. The smallest absolute Gasteiger partial charge is 0.432 e. The van der Waals surface area contributed by atoms with Crippen LogP contribution in [0.25, 0.3) is 0 Å². The van der Waals surface area contributed by atoms with E-state index in [4.69, 9.17) is 19.5 Å². The Morgan fingerprint density at radius 1 is 0.875 bits per heavy atom. The van der Waals surface area contributed by atoms with E-state index in [1.54, 1.807) is 0 Å². The molecule has 0 bridgehead atoms. The van der Waals surface area contributed by atoms with Crippen LogP contribution in [0.2, 0.25) is 0 Å². The first-order valence-corrected chi connectivity index (χ1v) is 10.0. The van der Waals surface area contributed by atoms with E-state index in [1.807, 2.05) is 12.1 Å². The Morgan fingerprint density at radius 2 is 1.42 bits per heavy atom. The molecule has 1 rings (SSSR count). The lowest BCUT2D eigenvalue weighted by molar-refractivity contribution is 0.295. The van der Waals surface area contributed by atoms with Crippen LogP contribution in [0.15, 0.2) is 18.2 Å². The maximum absolute atomic E-state index is 7.12. The van der Waals surface area contributed by atoms with Crippen molar-refractivity contribution in [1.29, 1.82) is 0 Å². The zero-order valence-electron chi connectivity index (χ0n) is 15.1. The van der Waals surface area contributed by atoms with Gasteiger partial charge in [0.05, 0.1) is 16.8 Å². The van der Waals surface area contributed by atoms with Crippen molar-refractivity contribution in [3.63, 3.8) is 0 Å². The SMILES string of the molecule is CCCCCCOc1ccc(OCCCCCC)c(I)c1.OBO. The van der Waals surface area contributed by atoms with E-state index in [1.165, 1.54) is 38.5 Å². The van der Waals surface area contributed by atoms with Crippen LogP contribution in [-0.4, -0.2) is 30.9 Å². The molecule has 0 aliphatic carbocycles. The first-order valence-electron chi connectivity index (χ1n) is 8.96. The summed E-state index contributed by atoms with van der Waals surface area (Å²) in [6.45, 7) is 6.08. The van der Waals surface area contributed by atoms with Crippen LogP contribution < -0.4 is 9.47 Å². The number of hydrogen-bond acceptors (Lipinski definition) is 4. The van der Waals surface area contributed by atoms with E-state index in [-0.39, 0.29) is 0 Å². The van der Waals surface area contributed by atoms with E-state index in [9.17, 15) is 0 Å². The van der Waals surface area contributed by atoms with E-state index in [0.29, 0.717) is 0 Å². The highest BCUT2D eigenvalue weighted by molar-refractivity contribution is 14.1. The van der Waals surface area contributed by atoms with Crippen LogP contribution in [0.5, 0.6) is 11.5 Å². The molecule has 0 fully saturated rings. The molecule has 0 saturated carbocycles. The minimum absolute atomic E-state index is 0.750. The maximum Gasteiger partial charge on any atom is 0.432 e. The first kappa shape index (κ1) is 23.5. The Balaban J connectivity index is 0.00000163. The molecule has 0 aliphatic heterocycles. The molecule has 0 heterocycles. The number of halogens is 1. The topological polar surface area (TPSA) is 58.9 Å². The molecule has 0 amide bonds. The molecule has 1 aromatic carbocycles. The quantitative estimate of drug-likeness (QED) is 0.281. The van der Waals surface area contributed by atoms with Gasteiger partial charge in [0.15, 0.2) is 0 Å². The third-order valence-corrected chi connectivity index (χ3v) is 4.27. The van der Waals surface area contributed by atoms with Crippen molar-refractivity contribution in [1.82, 2.24) is 0 Å². The van der Waals surface area contributed by atoms with Gasteiger partial charge in [0.25, 0.3) is 0 Å². The normalized spacial score (nSPS) is 9.88. The number of hydrogen-bond donors (Lipinski definition) is 2. The summed E-state index contributed by atoms with van der Waals surface area (Å²) in [4.78, 5) is 0. The van der Waals surface area contributed by atoms with Crippen LogP contribution in [0.3, 0.4) is 0 Å². The second-order valence-electron chi connectivity index (χ2n) is 5.55. The molecule has 0 radical (unpaired) electrons. The zero-order valence-corrected chi connectivity index (χ0v) is 17.3. The molecule has 2 N–H and O–H groups in total. The molecule has 0 atom stereocenters. The summed E-state index contributed by atoms with van der Waals surface area (Å²) in [7, 11) is -0.750. The van der Waals surface area contributed by atoms with Gasteiger partial charge in [-0.2, -0.15) is 0 Å². The number of unbranched alkanes of at least 4 members (excludes halogenated alkanes) is 6. The Bertz CT molecular complexity index is 405. The average molecular weight is 450 g/mol. The summed E-state index contributed by atoms with van der Waals surface area (Å²) < 4.78 is 12.8. The third-order valence-electron chi connectivity index (χ3n) is 3.43. The van der Waals surface area contributed by atoms with Crippen molar-refractivity contribution in [2.45, 2.75) is 65.2 Å².